The number of nitrogens with zero attached hydrogens (tertiary/aromatic N) is 3. The maximum atomic E-state index is 12.6. The van der Waals surface area contributed by atoms with Crippen molar-refractivity contribution >= 4 is 17.8 Å². The van der Waals surface area contributed by atoms with Crippen LogP contribution in [0, 0.1) is 12.8 Å². The molecule has 4 rings (SSSR count). The van der Waals surface area contributed by atoms with E-state index < -0.39 is 11.6 Å². The molecule has 134 valence electrons. The summed E-state index contributed by atoms with van der Waals surface area (Å²) in [6, 6.07) is -0.477. The molecule has 1 saturated carbocycles. The number of carbonyl (C=O) groups is 3. The zero-order valence-electron chi connectivity index (χ0n) is 14.5. The predicted octanol–water partition coefficient (Wildman–Crippen LogP) is 0.343. The van der Waals surface area contributed by atoms with Gasteiger partial charge in [0.2, 0.25) is 5.91 Å². The van der Waals surface area contributed by atoms with Gasteiger partial charge in [-0.3, -0.25) is 14.5 Å². The number of hydrogen-bond donors (Lipinski definition) is 2. The van der Waals surface area contributed by atoms with E-state index in [1.54, 1.807) is 6.92 Å². The first-order valence-corrected chi connectivity index (χ1v) is 8.83. The van der Waals surface area contributed by atoms with Crippen molar-refractivity contribution in [2.75, 3.05) is 6.54 Å². The van der Waals surface area contributed by atoms with E-state index in [0.29, 0.717) is 6.54 Å². The molecule has 2 atom stereocenters. The molecular weight excluding hydrogens is 322 g/mol. The van der Waals surface area contributed by atoms with Crippen molar-refractivity contribution < 1.29 is 14.4 Å². The van der Waals surface area contributed by atoms with Crippen LogP contribution in [-0.2, 0) is 22.6 Å². The van der Waals surface area contributed by atoms with Crippen molar-refractivity contribution in [2.24, 2.45) is 5.92 Å². The Morgan fingerprint density at radius 3 is 2.88 bits per heavy atom. The van der Waals surface area contributed by atoms with Crippen LogP contribution >= 0.6 is 0 Å². The second-order valence-electron chi connectivity index (χ2n) is 7.55. The molecule has 0 aromatic carbocycles. The van der Waals surface area contributed by atoms with Gasteiger partial charge in [0.15, 0.2) is 0 Å². The van der Waals surface area contributed by atoms with Crippen molar-refractivity contribution in [3.8, 4) is 0 Å². The second-order valence-corrected chi connectivity index (χ2v) is 7.55. The van der Waals surface area contributed by atoms with Crippen LogP contribution in [0.1, 0.15) is 37.7 Å². The Morgan fingerprint density at radius 2 is 2.16 bits per heavy atom. The maximum Gasteiger partial charge on any atom is 0.325 e. The van der Waals surface area contributed by atoms with Gasteiger partial charge in [-0.1, -0.05) is 0 Å². The average molecular weight is 345 g/mol. The number of rotatable bonds is 4. The van der Waals surface area contributed by atoms with E-state index in [0.717, 1.165) is 42.1 Å². The van der Waals surface area contributed by atoms with Gasteiger partial charge in [0.1, 0.15) is 17.9 Å². The summed E-state index contributed by atoms with van der Waals surface area (Å²) in [5.74, 6) is 0.649. The van der Waals surface area contributed by atoms with Crippen LogP contribution in [0.3, 0.4) is 0 Å². The lowest BCUT2D eigenvalue weighted by Crippen LogP contribution is -2.48. The van der Waals surface area contributed by atoms with E-state index in [2.05, 4.69) is 20.2 Å². The zero-order valence-corrected chi connectivity index (χ0v) is 14.5. The van der Waals surface area contributed by atoms with Crippen LogP contribution in [0.4, 0.5) is 4.79 Å². The molecule has 1 saturated heterocycles. The minimum atomic E-state index is -0.842. The number of carbonyl (C=O) groups excluding carboxylic acids is 3. The molecular formula is C17H23N5O3. The van der Waals surface area contributed by atoms with Crippen molar-refractivity contribution in [1.29, 1.82) is 0 Å². The number of imide groups is 1. The first kappa shape index (κ1) is 16.1. The summed E-state index contributed by atoms with van der Waals surface area (Å²) in [4.78, 5) is 42.5. The van der Waals surface area contributed by atoms with Crippen LogP contribution in [0.15, 0.2) is 6.20 Å². The van der Waals surface area contributed by atoms with Gasteiger partial charge in [0.05, 0.1) is 5.69 Å². The van der Waals surface area contributed by atoms with Gasteiger partial charge in [0, 0.05) is 25.2 Å². The molecule has 1 aliphatic carbocycles. The molecule has 4 amide bonds. The highest BCUT2D eigenvalue weighted by atomic mass is 16.2. The fourth-order valence-electron chi connectivity index (χ4n) is 3.92. The van der Waals surface area contributed by atoms with E-state index in [1.807, 2.05) is 13.1 Å². The normalized spacial score (nSPS) is 28.7. The maximum absolute atomic E-state index is 12.6. The summed E-state index contributed by atoms with van der Waals surface area (Å²) in [6.45, 7) is 4.15. The Bertz CT molecular complexity index is 753. The largest absolute Gasteiger partial charge is 0.350 e. The quantitative estimate of drug-likeness (QED) is 0.769. The Balaban J connectivity index is 1.36. The molecule has 1 aromatic rings. The Hall–Kier alpha value is -2.38. The van der Waals surface area contributed by atoms with Crippen LogP contribution in [-0.4, -0.2) is 50.4 Å². The fourth-order valence-corrected chi connectivity index (χ4v) is 3.92. The molecule has 1 aromatic heterocycles. The number of urea groups is 1. The van der Waals surface area contributed by atoms with Crippen molar-refractivity contribution in [3.63, 3.8) is 0 Å². The predicted molar refractivity (Wildman–Crippen MR) is 88.6 cm³/mol. The topological polar surface area (TPSA) is 96.3 Å². The van der Waals surface area contributed by atoms with Gasteiger partial charge in [-0.05, 0) is 39.0 Å². The monoisotopic (exact) mass is 345 g/mol. The Morgan fingerprint density at radius 1 is 1.40 bits per heavy atom. The minimum absolute atomic E-state index is 0.0100. The van der Waals surface area contributed by atoms with Gasteiger partial charge >= 0.3 is 6.03 Å². The number of hydrogen-bond acceptors (Lipinski definition) is 4. The molecule has 0 bridgehead atoms. The number of nitrogens with one attached hydrogen (secondary N) is 2. The molecule has 3 heterocycles. The molecule has 2 aliphatic heterocycles. The lowest BCUT2D eigenvalue weighted by molar-refractivity contribution is -0.135. The highest BCUT2D eigenvalue weighted by Gasteiger charge is 2.56. The first-order valence-electron chi connectivity index (χ1n) is 8.83. The number of aryl methyl sites for hydroxylation is 2. The van der Waals surface area contributed by atoms with Crippen molar-refractivity contribution in [3.05, 3.63) is 17.7 Å². The molecule has 2 N–H and O–H groups in total. The highest BCUT2D eigenvalue weighted by Crippen LogP contribution is 2.42. The standard InChI is InChI=1S/C17H23N5O3/c1-10-7-21-8-12(5-6-13(21)18-10)19-14(23)9-22-15(24)17(2,11-3-4-11)20-16(22)25/h7,11-12H,3-6,8-9H2,1-2H3,(H,19,23)(H,20,25)/t12-,17+/m1/s1. The van der Waals surface area contributed by atoms with E-state index >= 15 is 0 Å². The van der Waals surface area contributed by atoms with Gasteiger partial charge in [0.25, 0.3) is 5.91 Å². The van der Waals surface area contributed by atoms with Gasteiger partial charge in [-0.2, -0.15) is 0 Å². The van der Waals surface area contributed by atoms with Gasteiger partial charge < -0.3 is 15.2 Å². The van der Waals surface area contributed by atoms with E-state index in [9.17, 15) is 14.4 Å². The zero-order chi connectivity index (χ0) is 17.8. The smallest absolute Gasteiger partial charge is 0.325 e. The first-order chi connectivity index (χ1) is 11.9. The summed E-state index contributed by atoms with van der Waals surface area (Å²) in [5.41, 5.74) is 0.131. The molecule has 25 heavy (non-hydrogen) atoms. The minimum Gasteiger partial charge on any atom is -0.350 e. The van der Waals surface area contributed by atoms with Gasteiger partial charge in [-0.15, -0.1) is 0 Å². The van der Waals surface area contributed by atoms with E-state index in [-0.39, 0.29) is 30.3 Å². The molecule has 0 radical (unpaired) electrons. The lowest BCUT2D eigenvalue weighted by Gasteiger charge is -2.25. The number of amides is 4. The number of imidazole rings is 1. The summed E-state index contributed by atoms with van der Waals surface area (Å²) >= 11 is 0. The van der Waals surface area contributed by atoms with Crippen molar-refractivity contribution in [2.45, 2.75) is 57.7 Å². The summed E-state index contributed by atoms with van der Waals surface area (Å²) in [5, 5.41) is 5.71. The third kappa shape index (κ3) is 2.79. The molecule has 0 spiro atoms. The lowest BCUT2D eigenvalue weighted by atomic mass is 9.96. The Labute approximate surface area is 146 Å². The third-order valence-electron chi connectivity index (χ3n) is 5.47. The van der Waals surface area contributed by atoms with Crippen LogP contribution < -0.4 is 10.6 Å². The summed E-state index contributed by atoms with van der Waals surface area (Å²) in [7, 11) is 0. The molecule has 0 unspecified atom stereocenters. The van der Waals surface area contributed by atoms with E-state index in [4.69, 9.17) is 0 Å². The highest BCUT2D eigenvalue weighted by molar-refractivity contribution is 6.09. The van der Waals surface area contributed by atoms with Crippen LogP contribution in [0.5, 0.6) is 0 Å². The molecule has 8 heteroatoms. The third-order valence-corrected chi connectivity index (χ3v) is 5.47. The second kappa shape index (κ2) is 5.57. The molecule has 2 fully saturated rings. The van der Waals surface area contributed by atoms with Gasteiger partial charge in [-0.25, -0.2) is 9.78 Å². The van der Waals surface area contributed by atoms with Crippen LogP contribution in [0.2, 0.25) is 0 Å². The van der Waals surface area contributed by atoms with Crippen molar-refractivity contribution in [1.82, 2.24) is 25.1 Å². The fraction of sp³-hybridized carbons (Fsp3) is 0.647. The number of aromatic nitrogens is 2. The summed E-state index contributed by atoms with van der Waals surface area (Å²) in [6.07, 6.45) is 5.48. The number of fused-ring (bicyclic) bond motifs is 1. The SMILES string of the molecule is Cc1cn2c(n1)CC[C@@H](NC(=O)CN1C(=O)N[C@@](C)(C3CC3)C1=O)C2. The van der Waals surface area contributed by atoms with Crippen LogP contribution in [0.25, 0.3) is 0 Å². The molecule has 3 aliphatic rings. The Kier molecular flexibility index (Phi) is 3.59. The summed E-state index contributed by atoms with van der Waals surface area (Å²) < 4.78 is 2.06. The average Bonchev–Trinajstić information content (AvgIpc) is 3.30. The molecule has 8 nitrogen and oxygen atoms in total. The van der Waals surface area contributed by atoms with E-state index in [1.165, 1.54) is 0 Å².